The fourth-order valence-corrected chi connectivity index (χ4v) is 2.31. The number of para-hydroxylation sites is 1. The largest absolute Gasteiger partial charge is 0.497 e. The predicted octanol–water partition coefficient (Wildman–Crippen LogP) is 2.45. The van der Waals surface area contributed by atoms with Crippen molar-refractivity contribution in [2.75, 3.05) is 34.5 Å². The summed E-state index contributed by atoms with van der Waals surface area (Å²) in [4.78, 5) is 12.0. The van der Waals surface area contributed by atoms with Crippen LogP contribution in [0.15, 0.2) is 42.5 Å². The molecule has 0 bridgehead atoms. The van der Waals surface area contributed by atoms with E-state index in [0.29, 0.717) is 36.8 Å². The van der Waals surface area contributed by atoms with Crippen LogP contribution >= 0.6 is 0 Å². The minimum absolute atomic E-state index is 0.0635. The molecule has 0 fully saturated rings. The second kappa shape index (κ2) is 9.42. The van der Waals surface area contributed by atoms with Crippen LogP contribution in [0.4, 0.5) is 0 Å². The number of hydrogen-bond acceptors (Lipinski definition) is 5. The molecule has 0 aromatic heterocycles. The van der Waals surface area contributed by atoms with E-state index in [1.807, 2.05) is 30.3 Å². The van der Waals surface area contributed by atoms with E-state index < -0.39 is 0 Å². The standard InChI is InChI=1S/C19H23NO5/c1-22-15-9-7-14(8-10-15)13-18(21)20-11-12-25-17-6-4-5-16(23-2)19(17)24-3/h4-10H,11-13H2,1-3H3,(H,20,21). The van der Waals surface area contributed by atoms with Crippen molar-refractivity contribution in [3.63, 3.8) is 0 Å². The Kier molecular flexibility index (Phi) is 6.95. The Hall–Kier alpha value is -2.89. The molecule has 2 rings (SSSR count). The van der Waals surface area contributed by atoms with Crippen molar-refractivity contribution in [3.05, 3.63) is 48.0 Å². The molecule has 0 heterocycles. The van der Waals surface area contributed by atoms with Gasteiger partial charge in [-0.15, -0.1) is 0 Å². The number of hydrogen-bond donors (Lipinski definition) is 1. The number of benzene rings is 2. The minimum atomic E-state index is -0.0635. The van der Waals surface area contributed by atoms with Gasteiger partial charge in [-0.25, -0.2) is 0 Å². The molecule has 1 amide bonds. The van der Waals surface area contributed by atoms with Gasteiger partial charge >= 0.3 is 0 Å². The molecule has 0 radical (unpaired) electrons. The lowest BCUT2D eigenvalue weighted by Crippen LogP contribution is -2.29. The van der Waals surface area contributed by atoms with E-state index in [2.05, 4.69) is 5.32 Å². The first-order chi connectivity index (χ1) is 12.2. The normalized spacial score (nSPS) is 10.0. The molecule has 2 aromatic carbocycles. The zero-order chi connectivity index (χ0) is 18.1. The second-order valence-electron chi connectivity index (χ2n) is 5.21. The predicted molar refractivity (Wildman–Crippen MR) is 94.7 cm³/mol. The van der Waals surface area contributed by atoms with E-state index in [0.717, 1.165) is 11.3 Å². The molecule has 25 heavy (non-hydrogen) atoms. The summed E-state index contributed by atoms with van der Waals surface area (Å²) in [6, 6.07) is 12.8. The van der Waals surface area contributed by atoms with Crippen LogP contribution in [-0.4, -0.2) is 40.4 Å². The SMILES string of the molecule is COc1ccc(CC(=O)NCCOc2cccc(OC)c2OC)cc1. The van der Waals surface area contributed by atoms with Crippen molar-refractivity contribution in [1.82, 2.24) is 5.32 Å². The summed E-state index contributed by atoms with van der Waals surface area (Å²) < 4.78 is 21.3. The molecule has 0 saturated heterocycles. The third-order valence-corrected chi connectivity index (χ3v) is 3.57. The Morgan fingerprint density at radius 1 is 0.920 bits per heavy atom. The quantitative estimate of drug-likeness (QED) is 0.707. The lowest BCUT2D eigenvalue weighted by molar-refractivity contribution is -0.120. The zero-order valence-corrected chi connectivity index (χ0v) is 14.7. The molecule has 0 unspecified atom stereocenters. The summed E-state index contributed by atoms with van der Waals surface area (Å²) in [5.41, 5.74) is 0.925. The fraction of sp³-hybridized carbons (Fsp3) is 0.316. The molecule has 0 aliphatic carbocycles. The maximum absolute atomic E-state index is 12.0. The molecule has 0 spiro atoms. The Morgan fingerprint density at radius 3 is 2.28 bits per heavy atom. The average Bonchev–Trinajstić information content (AvgIpc) is 2.65. The van der Waals surface area contributed by atoms with Crippen LogP contribution in [0.5, 0.6) is 23.0 Å². The van der Waals surface area contributed by atoms with E-state index in [1.54, 1.807) is 33.5 Å². The molecular formula is C19H23NO5. The first kappa shape index (κ1) is 18.4. The average molecular weight is 345 g/mol. The summed E-state index contributed by atoms with van der Waals surface area (Å²) in [5, 5.41) is 2.83. The van der Waals surface area contributed by atoms with Gasteiger partial charge in [0.2, 0.25) is 11.7 Å². The molecule has 1 N–H and O–H groups in total. The van der Waals surface area contributed by atoms with Gasteiger partial charge in [-0.05, 0) is 29.8 Å². The summed E-state index contributed by atoms with van der Waals surface area (Å²) in [7, 11) is 4.74. The second-order valence-corrected chi connectivity index (χ2v) is 5.21. The Balaban J connectivity index is 1.78. The molecule has 6 heteroatoms. The fourth-order valence-electron chi connectivity index (χ4n) is 2.31. The number of ether oxygens (including phenoxy) is 4. The van der Waals surface area contributed by atoms with Crippen LogP contribution in [0.25, 0.3) is 0 Å². The van der Waals surface area contributed by atoms with Crippen LogP contribution < -0.4 is 24.3 Å². The van der Waals surface area contributed by atoms with E-state index in [9.17, 15) is 4.79 Å². The number of amides is 1. The van der Waals surface area contributed by atoms with Gasteiger partial charge < -0.3 is 24.3 Å². The molecule has 6 nitrogen and oxygen atoms in total. The molecule has 0 aliphatic rings. The summed E-state index contributed by atoms with van der Waals surface area (Å²) in [6.45, 7) is 0.729. The lowest BCUT2D eigenvalue weighted by atomic mass is 10.1. The van der Waals surface area contributed by atoms with Gasteiger partial charge in [-0.3, -0.25) is 4.79 Å². The van der Waals surface area contributed by atoms with Crippen LogP contribution in [0.1, 0.15) is 5.56 Å². The highest BCUT2D eigenvalue weighted by molar-refractivity contribution is 5.78. The molecule has 134 valence electrons. The molecule has 0 saturated carbocycles. The highest BCUT2D eigenvalue weighted by atomic mass is 16.5. The van der Waals surface area contributed by atoms with Crippen molar-refractivity contribution in [2.45, 2.75) is 6.42 Å². The van der Waals surface area contributed by atoms with Gasteiger partial charge in [-0.2, -0.15) is 0 Å². The number of carbonyl (C=O) groups is 1. The molecular weight excluding hydrogens is 322 g/mol. The van der Waals surface area contributed by atoms with Gasteiger partial charge in [-0.1, -0.05) is 18.2 Å². The van der Waals surface area contributed by atoms with Crippen LogP contribution in [0.3, 0.4) is 0 Å². The Bertz CT molecular complexity index is 685. The maximum Gasteiger partial charge on any atom is 0.224 e. The molecule has 2 aromatic rings. The highest BCUT2D eigenvalue weighted by Gasteiger charge is 2.10. The van der Waals surface area contributed by atoms with Crippen LogP contribution in [0, 0.1) is 0 Å². The van der Waals surface area contributed by atoms with Crippen molar-refractivity contribution < 1.29 is 23.7 Å². The number of rotatable bonds is 9. The molecule has 0 aliphatic heterocycles. The summed E-state index contributed by atoms with van der Waals surface area (Å²) in [6.07, 6.45) is 0.312. The van der Waals surface area contributed by atoms with E-state index in [1.165, 1.54) is 0 Å². The highest BCUT2D eigenvalue weighted by Crippen LogP contribution is 2.36. The van der Waals surface area contributed by atoms with Crippen LogP contribution in [0.2, 0.25) is 0 Å². The van der Waals surface area contributed by atoms with Crippen molar-refractivity contribution in [3.8, 4) is 23.0 Å². The first-order valence-corrected chi connectivity index (χ1v) is 7.91. The smallest absolute Gasteiger partial charge is 0.224 e. The van der Waals surface area contributed by atoms with Crippen molar-refractivity contribution >= 4 is 5.91 Å². The van der Waals surface area contributed by atoms with Gasteiger partial charge in [0, 0.05) is 0 Å². The third-order valence-electron chi connectivity index (χ3n) is 3.57. The van der Waals surface area contributed by atoms with Crippen LogP contribution in [-0.2, 0) is 11.2 Å². The Morgan fingerprint density at radius 2 is 1.64 bits per heavy atom. The summed E-state index contributed by atoms with van der Waals surface area (Å²) in [5.74, 6) is 2.42. The first-order valence-electron chi connectivity index (χ1n) is 7.91. The van der Waals surface area contributed by atoms with Crippen molar-refractivity contribution in [2.24, 2.45) is 0 Å². The summed E-state index contributed by atoms with van der Waals surface area (Å²) >= 11 is 0. The van der Waals surface area contributed by atoms with Gasteiger partial charge in [0.05, 0.1) is 34.3 Å². The monoisotopic (exact) mass is 345 g/mol. The van der Waals surface area contributed by atoms with E-state index in [-0.39, 0.29) is 5.91 Å². The topological polar surface area (TPSA) is 66.0 Å². The third kappa shape index (κ3) is 5.31. The number of methoxy groups -OCH3 is 3. The maximum atomic E-state index is 12.0. The molecule has 0 atom stereocenters. The van der Waals surface area contributed by atoms with E-state index >= 15 is 0 Å². The van der Waals surface area contributed by atoms with Gasteiger partial charge in [0.1, 0.15) is 12.4 Å². The lowest BCUT2D eigenvalue weighted by Gasteiger charge is -2.13. The number of carbonyl (C=O) groups excluding carboxylic acids is 1. The van der Waals surface area contributed by atoms with Gasteiger partial charge in [0.25, 0.3) is 0 Å². The van der Waals surface area contributed by atoms with E-state index in [4.69, 9.17) is 18.9 Å². The van der Waals surface area contributed by atoms with Crippen molar-refractivity contribution in [1.29, 1.82) is 0 Å². The zero-order valence-electron chi connectivity index (χ0n) is 14.7. The van der Waals surface area contributed by atoms with Gasteiger partial charge in [0.15, 0.2) is 11.5 Å². The number of nitrogens with one attached hydrogen (secondary N) is 1. The minimum Gasteiger partial charge on any atom is -0.497 e. The Labute approximate surface area is 147 Å².